The summed E-state index contributed by atoms with van der Waals surface area (Å²) in [6.07, 6.45) is 3.74. The third-order valence-corrected chi connectivity index (χ3v) is 3.08. The van der Waals surface area contributed by atoms with Crippen molar-refractivity contribution in [2.45, 2.75) is 6.42 Å². The molecule has 0 aliphatic heterocycles. The number of hydrogen-bond donors (Lipinski definition) is 2. The summed E-state index contributed by atoms with van der Waals surface area (Å²) in [6, 6.07) is 4.86. The predicted octanol–water partition coefficient (Wildman–Crippen LogP) is 2.06. The monoisotopic (exact) mass is 268 g/mol. The minimum Gasteiger partial charge on any atom is -0.504 e. The average Bonchev–Trinajstić information content (AvgIpc) is 2.38. The van der Waals surface area contributed by atoms with E-state index in [-0.39, 0.29) is 17.5 Å². The molecule has 0 saturated carbocycles. The van der Waals surface area contributed by atoms with Gasteiger partial charge in [-0.3, -0.25) is 4.79 Å². The molecule has 0 amide bonds. The Labute approximate surface area is 110 Å². The van der Waals surface area contributed by atoms with Crippen molar-refractivity contribution in [2.75, 3.05) is 19.5 Å². The normalized spacial score (nSPS) is 10.8. The summed E-state index contributed by atoms with van der Waals surface area (Å²) in [4.78, 5) is 11.4. The Morgan fingerprint density at radius 1 is 1.50 bits per heavy atom. The van der Waals surface area contributed by atoms with E-state index in [2.05, 4.69) is 0 Å². The lowest BCUT2D eigenvalue weighted by Gasteiger charge is -2.03. The predicted molar refractivity (Wildman–Crippen MR) is 72.9 cm³/mol. The highest BCUT2D eigenvalue weighted by Crippen LogP contribution is 2.26. The summed E-state index contributed by atoms with van der Waals surface area (Å²) in [5, 5.41) is 17.9. The number of carbonyl (C=O) groups excluding carboxylic acids is 1. The minimum absolute atomic E-state index is 0.0597. The number of benzene rings is 1. The third-order valence-electron chi connectivity index (χ3n) is 2.16. The van der Waals surface area contributed by atoms with Crippen molar-refractivity contribution in [1.82, 2.24) is 0 Å². The van der Waals surface area contributed by atoms with Gasteiger partial charge >= 0.3 is 0 Å². The van der Waals surface area contributed by atoms with Crippen molar-refractivity contribution in [3.8, 4) is 11.5 Å². The van der Waals surface area contributed by atoms with E-state index in [1.54, 1.807) is 18.2 Å². The standard InChI is InChI=1S/C13H16O4S/c1-17-12-9-10(3-5-11(12)15)4-6-13(16)18-8-2-7-14/h3-6,9,14-15H,2,7-8H2,1H3/b6-4+. The van der Waals surface area contributed by atoms with Crippen molar-refractivity contribution in [3.05, 3.63) is 29.8 Å². The van der Waals surface area contributed by atoms with Crippen LogP contribution in [0.15, 0.2) is 24.3 Å². The first-order chi connectivity index (χ1) is 8.67. The lowest BCUT2D eigenvalue weighted by Crippen LogP contribution is -1.91. The molecule has 0 bridgehead atoms. The highest BCUT2D eigenvalue weighted by Gasteiger charge is 2.01. The molecule has 0 radical (unpaired) electrons. The number of ether oxygens (including phenoxy) is 1. The molecular weight excluding hydrogens is 252 g/mol. The highest BCUT2D eigenvalue weighted by molar-refractivity contribution is 8.14. The molecule has 0 fully saturated rings. The van der Waals surface area contributed by atoms with Crippen LogP contribution in [-0.4, -0.2) is 34.8 Å². The van der Waals surface area contributed by atoms with Crippen molar-refractivity contribution in [1.29, 1.82) is 0 Å². The second-order valence-electron chi connectivity index (χ2n) is 3.51. The van der Waals surface area contributed by atoms with E-state index in [9.17, 15) is 9.90 Å². The zero-order valence-electron chi connectivity index (χ0n) is 10.1. The van der Waals surface area contributed by atoms with Crippen molar-refractivity contribution in [2.24, 2.45) is 0 Å². The molecule has 18 heavy (non-hydrogen) atoms. The zero-order valence-corrected chi connectivity index (χ0v) is 10.9. The van der Waals surface area contributed by atoms with Gasteiger partial charge < -0.3 is 14.9 Å². The average molecular weight is 268 g/mol. The number of methoxy groups -OCH3 is 1. The maximum atomic E-state index is 11.4. The molecule has 1 aromatic carbocycles. The summed E-state index contributed by atoms with van der Waals surface area (Å²) in [6.45, 7) is 0.0964. The summed E-state index contributed by atoms with van der Waals surface area (Å²) in [5.41, 5.74) is 0.778. The maximum Gasteiger partial charge on any atom is 0.212 e. The van der Waals surface area contributed by atoms with Gasteiger partial charge in [0.1, 0.15) is 0 Å². The number of rotatable bonds is 6. The molecule has 0 aromatic heterocycles. The van der Waals surface area contributed by atoms with E-state index < -0.39 is 0 Å². The van der Waals surface area contributed by atoms with Gasteiger partial charge in [-0.15, -0.1) is 0 Å². The van der Waals surface area contributed by atoms with Crippen LogP contribution < -0.4 is 4.74 Å². The number of aliphatic hydroxyl groups is 1. The van der Waals surface area contributed by atoms with E-state index in [0.29, 0.717) is 17.9 Å². The maximum absolute atomic E-state index is 11.4. The van der Waals surface area contributed by atoms with Crippen molar-refractivity contribution in [3.63, 3.8) is 0 Å². The van der Waals surface area contributed by atoms with E-state index in [0.717, 1.165) is 5.56 Å². The van der Waals surface area contributed by atoms with Crippen molar-refractivity contribution >= 4 is 23.0 Å². The highest BCUT2D eigenvalue weighted by atomic mass is 32.2. The number of phenols is 1. The molecule has 0 saturated heterocycles. The van der Waals surface area contributed by atoms with Gasteiger partial charge in [-0.05, 0) is 30.2 Å². The van der Waals surface area contributed by atoms with Crippen LogP contribution in [0.1, 0.15) is 12.0 Å². The van der Waals surface area contributed by atoms with Crippen molar-refractivity contribution < 1.29 is 19.7 Å². The zero-order chi connectivity index (χ0) is 13.4. The van der Waals surface area contributed by atoms with Crippen LogP contribution >= 0.6 is 11.8 Å². The number of aromatic hydroxyl groups is 1. The van der Waals surface area contributed by atoms with Crippen LogP contribution in [0.3, 0.4) is 0 Å². The topological polar surface area (TPSA) is 66.8 Å². The molecule has 0 heterocycles. The third kappa shape index (κ3) is 4.81. The molecule has 98 valence electrons. The number of carbonyl (C=O) groups is 1. The summed E-state index contributed by atoms with van der Waals surface area (Å²) in [5.74, 6) is 1.05. The quantitative estimate of drug-likeness (QED) is 0.610. The largest absolute Gasteiger partial charge is 0.504 e. The fourth-order valence-electron chi connectivity index (χ4n) is 1.25. The first kappa shape index (κ1) is 14.6. The van der Waals surface area contributed by atoms with Crippen LogP contribution in [0.5, 0.6) is 11.5 Å². The van der Waals surface area contributed by atoms with Gasteiger partial charge in [-0.1, -0.05) is 23.9 Å². The second kappa shape index (κ2) is 7.79. The SMILES string of the molecule is COc1cc(/C=C/C(=O)SCCCO)ccc1O. The Morgan fingerprint density at radius 3 is 2.94 bits per heavy atom. The summed E-state index contributed by atoms with van der Waals surface area (Å²) >= 11 is 1.17. The van der Waals surface area contributed by atoms with Crippen LogP contribution in [-0.2, 0) is 4.79 Å². The van der Waals surface area contributed by atoms with Gasteiger partial charge in [-0.25, -0.2) is 0 Å². The molecule has 0 aliphatic carbocycles. The smallest absolute Gasteiger partial charge is 0.212 e. The van der Waals surface area contributed by atoms with Gasteiger partial charge in [0.05, 0.1) is 7.11 Å². The van der Waals surface area contributed by atoms with E-state index >= 15 is 0 Å². The van der Waals surface area contributed by atoms with Crippen LogP contribution in [0.25, 0.3) is 6.08 Å². The fourth-order valence-corrected chi connectivity index (χ4v) is 1.89. The molecule has 0 aliphatic rings. The molecule has 4 nitrogen and oxygen atoms in total. The van der Waals surface area contributed by atoms with Crippen LogP contribution in [0, 0.1) is 0 Å². The number of thioether (sulfide) groups is 1. The van der Waals surface area contributed by atoms with E-state index in [4.69, 9.17) is 9.84 Å². The molecule has 5 heteroatoms. The summed E-state index contributed by atoms with van der Waals surface area (Å²) in [7, 11) is 1.47. The Kier molecular flexibility index (Phi) is 6.32. The second-order valence-corrected chi connectivity index (χ2v) is 4.61. The molecular formula is C13H16O4S. The lowest BCUT2D eigenvalue weighted by atomic mass is 10.2. The molecule has 0 unspecified atom stereocenters. The van der Waals surface area contributed by atoms with Gasteiger partial charge in [-0.2, -0.15) is 0 Å². The Hall–Kier alpha value is -1.46. The van der Waals surface area contributed by atoms with Crippen LogP contribution in [0.4, 0.5) is 0 Å². The number of hydrogen-bond acceptors (Lipinski definition) is 5. The number of phenolic OH excluding ortho intramolecular Hbond substituents is 1. The molecule has 0 spiro atoms. The molecule has 2 N–H and O–H groups in total. The number of aliphatic hydroxyl groups excluding tert-OH is 1. The van der Waals surface area contributed by atoms with E-state index in [1.165, 1.54) is 31.0 Å². The Bertz CT molecular complexity index is 429. The summed E-state index contributed by atoms with van der Waals surface area (Å²) < 4.78 is 4.97. The van der Waals surface area contributed by atoms with Gasteiger partial charge in [0, 0.05) is 12.4 Å². The Morgan fingerprint density at radius 2 is 2.28 bits per heavy atom. The fraction of sp³-hybridized carbons (Fsp3) is 0.308. The van der Waals surface area contributed by atoms with Gasteiger partial charge in [0.15, 0.2) is 11.5 Å². The van der Waals surface area contributed by atoms with Gasteiger partial charge in [0.2, 0.25) is 5.12 Å². The first-order valence-electron chi connectivity index (χ1n) is 5.50. The van der Waals surface area contributed by atoms with Gasteiger partial charge in [0.25, 0.3) is 0 Å². The molecule has 1 rings (SSSR count). The Balaban J connectivity index is 2.58. The van der Waals surface area contributed by atoms with E-state index in [1.807, 2.05) is 0 Å². The first-order valence-corrected chi connectivity index (χ1v) is 6.48. The molecule has 1 aromatic rings. The minimum atomic E-state index is -0.0597. The molecule has 0 atom stereocenters. The lowest BCUT2D eigenvalue weighted by molar-refractivity contribution is -0.106. The van der Waals surface area contributed by atoms with Crippen LogP contribution in [0.2, 0.25) is 0 Å².